The molecule has 0 spiro atoms. The van der Waals surface area contributed by atoms with E-state index in [0.717, 1.165) is 22.5 Å². The van der Waals surface area contributed by atoms with Crippen molar-refractivity contribution in [3.8, 4) is 0 Å². The van der Waals surface area contributed by atoms with E-state index >= 15 is 0 Å². The number of benzene rings is 2. The first-order valence-electron chi connectivity index (χ1n) is 11.4. The third kappa shape index (κ3) is 4.33. The van der Waals surface area contributed by atoms with Gasteiger partial charge in [0.1, 0.15) is 18.2 Å². The Kier molecular flexibility index (Phi) is 5.91. The Morgan fingerprint density at radius 3 is 2.85 bits per heavy atom. The number of hydrogen-bond donors (Lipinski definition) is 3. The number of alkyl carbamates (subject to hydrolysis) is 1. The number of aryl methyl sites for hydroxylation is 1. The molecule has 5 rings (SSSR count). The molecule has 0 saturated heterocycles. The molecular formula is C25H26FN5O3. The molecule has 0 bridgehead atoms. The molecule has 1 aliphatic heterocycles. The Hall–Kier alpha value is -3.88. The van der Waals surface area contributed by atoms with Gasteiger partial charge in [0.25, 0.3) is 5.91 Å². The zero-order chi connectivity index (χ0) is 23.7. The standard InChI is InChI=1S/C25H26FN5O3/c26-16-6-8-21-19(12-16)18(10-11-28-21)24(32)31-23(27)20-13-17(7-9-22(20)30-31)29-25(33)34-14-15-4-2-1-3-5-15/h1-6,8,12,17-18,28H,7,9-11,13-14,27H2,(H,29,33)/t17-,18+/m0/s1. The number of halogens is 1. The van der Waals surface area contributed by atoms with Gasteiger partial charge in [-0.1, -0.05) is 30.3 Å². The number of anilines is 2. The molecule has 2 atom stereocenters. The van der Waals surface area contributed by atoms with Gasteiger partial charge < -0.3 is 21.1 Å². The molecule has 0 radical (unpaired) electrons. The van der Waals surface area contributed by atoms with Crippen molar-refractivity contribution in [3.63, 3.8) is 0 Å². The highest BCUT2D eigenvalue weighted by molar-refractivity contribution is 5.90. The van der Waals surface area contributed by atoms with E-state index < -0.39 is 12.0 Å². The summed E-state index contributed by atoms with van der Waals surface area (Å²) in [6.07, 6.45) is 1.75. The number of nitrogens with zero attached hydrogens (tertiary/aromatic N) is 2. The number of nitrogen functional groups attached to an aromatic ring is 1. The maximum Gasteiger partial charge on any atom is 0.407 e. The van der Waals surface area contributed by atoms with Crippen LogP contribution in [0.15, 0.2) is 48.5 Å². The monoisotopic (exact) mass is 463 g/mol. The molecule has 0 fully saturated rings. The fraction of sp³-hybridized carbons (Fsp3) is 0.320. The van der Waals surface area contributed by atoms with E-state index in [0.29, 0.717) is 37.8 Å². The van der Waals surface area contributed by atoms with Gasteiger partial charge in [-0.15, -0.1) is 0 Å². The number of amides is 1. The second kappa shape index (κ2) is 9.17. The van der Waals surface area contributed by atoms with Crippen LogP contribution < -0.4 is 16.4 Å². The van der Waals surface area contributed by atoms with E-state index in [9.17, 15) is 14.0 Å². The van der Waals surface area contributed by atoms with Crippen LogP contribution in [0.5, 0.6) is 0 Å². The molecule has 2 aromatic carbocycles. The SMILES string of the molecule is Nc1c2c(nn1C(=O)[C@@H]1CCNc3ccc(F)cc31)CC[C@H](NC(=O)OCc1ccccc1)C2. The van der Waals surface area contributed by atoms with Gasteiger partial charge in [-0.2, -0.15) is 9.78 Å². The number of nitrogens with two attached hydrogens (primary N) is 1. The van der Waals surface area contributed by atoms with Crippen molar-refractivity contribution in [2.24, 2.45) is 0 Å². The molecule has 2 heterocycles. The van der Waals surface area contributed by atoms with E-state index in [2.05, 4.69) is 15.7 Å². The second-order valence-corrected chi connectivity index (χ2v) is 8.71. The number of nitrogens with one attached hydrogen (secondary N) is 2. The molecule has 8 nitrogen and oxygen atoms in total. The van der Waals surface area contributed by atoms with Gasteiger partial charge in [-0.3, -0.25) is 4.79 Å². The Bertz CT molecular complexity index is 1230. The van der Waals surface area contributed by atoms with Crippen molar-refractivity contribution in [1.82, 2.24) is 15.1 Å². The van der Waals surface area contributed by atoms with Crippen LogP contribution in [0, 0.1) is 5.82 Å². The summed E-state index contributed by atoms with van der Waals surface area (Å²) in [4.78, 5) is 25.6. The number of hydrogen-bond acceptors (Lipinski definition) is 6. The van der Waals surface area contributed by atoms with Gasteiger partial charge in [0, 0.05) is 23.8 Å². The lowest BCUT2D eigenvalue weighted by atomic mass is 9.90. The Balaban J connectivity index is 1.27. The van der Waals surface area contributed by atoms with Crippen molar-refractivity contribution in [2.45, 2.75) is 44.2 Å². The Labute approximate surface area is 196 Å². The van der Waals surface area contributed by atoms with Crippen molar-refractivity contribution in [2.75, 3.05) is 17.6 Å². The summed E-state index contributed by atoms with van der Waals surface area (Å²) >= 11 is 0. The smallest absolute Gasteiger partial charge is 0.407 e. The van der Waals surface area contributed by atoms with E-state index in [1.54, 1.807) is 6.07 Å². The number of rotatable bonds is 4. The summed E-state index contributed by atoms with van der Waals surface area (Å²) in [6, 6.07) is 13.7. The highest BCUT2D eigenvalue weighted by Gasteiger charge is 2.33. The highest BCUT2D eigenvalue weighted by atomic mass is 19.1. The topological polar surface area (TPSA) is 111 Å². The summed E-state index contributed by atoms with van der Waals surface area (Å²) in [5, 5.41) is 10.6. The molecule has 176 valence electrons. The fourth-order valence-corrected chi connectivity index (χ4v) is 4.71. The summed E-state index contributed by atoms with van der Waals surface area (Å²) in [5.74, 6) is -0.911. The molecule has 4 N–H and O–H groups in total. The van der Waals surface area contributed by atoms with Crippen molar-refractivity contribution in [3.05, 3.63) is 76.7 Å². The number of aromatic nitrogens is 2. The first-order valence-corrected chi connectivity index (χ1v) is 11.4. The van der Waals surface area contributed by atoms with Gasteiger partial charge in [-0.25, -0.2) is 9.18 Å². The minimum absolute atomic E-state index is 0.167. The van der Waals surface area contributed by atoms with E-state index in [-0.39, 0.29) is 30.2 Å². The van der Waals surface area contributed by atoms with Crippen LogP contribution >= 0.6 is 0 Å². The first kappa shape index (κ1) is 21.9. The summed E-state index contributed by atoms with van der Waals surface area (Å²) in [6.45, 7) is 0.796. The maximum atomic E-state index is 13.9. The van der Waals surface area contributed by atoms with Crippen LogP contribution in [-0.4, -0.2) is 34.4 Å². The second-order valence-electron chi connectivity index (χ2n) is 8.71. The average molecular weight is 464 g/mol. The van der Waals surface area contributed by atoms with Crippen LogP contribution in [0.4, 0.5) is 20.7 Å². The largest absolute Gasteiger partial charge is 0.445 e. The van der Waals surface area contributed by atoms with E-state index in [4.69, 9.17) is 10.5 Å². The Morgan fingerprint density at radius 2 is 2.03 bits per heavy atom. The number of carbonyl (C=O) groups excluding carboxylic acids is 2. The zero-order valence-corrected chi connectivity index (χ0v) is 18.6. The minimum atomic E-state index is -0.530. The molecule has 1 amide bonds. The lowest BCUT2D eigenvalue weighted by molar-refractivity contribution is 0.0859. The molecule has 1 aromatic heterocycles. The quantitative estimate of drug-likeness (QED) is 0.545. The van der Waals surface area contributed by atoms with Crippen molar-refractivity contribution >= 4 is 23.5 Å². The van der Waals surface area contributed by atoms with Crippen LogP contribution in [0.1, 0.15) is 45.9 Å². The molecule has 0 saturated carbocycles. The van der Waals surface area contributed by atoms with Crippen molar-refractivity contribution in [1.29, 1.82) is 0 Å². The minimum Gasteiger partial charge on any atom is -0.445 e. The lowest BCUT2D eigenvalue weighted by Gasteiger charge is -2.25. The van der Waals surface area contributed by atoms with Crippen molar-refractivity contribution < 1.29 is 18.7 Å². The highest BCUT2D eigenvalue weighted by Crippen LogP contribution is 2.35. The van der Waals surface area contributed by atoms with Gasteiger partial charge in [0.15, 0.2) is 0 Å². The number of carbonyl (C=O) groups is 2. The molecule has 34 heavy (non-hydrogen) atoms. The van der Waals surface area contributed by atoms with Gasteiger partial charge in [-0.05, 0) is 55.0 Å². The van der Waals surface area contributed by atoms with Crippen LogP contribution in [-0.2, 0) is 24.2 Å². The van der Waals surface area contributed by atoms with Crippen LogP contribution in [0.25, 0.3) is 0 Å². The van der Waals surface area contributed by atoms with Gasteiger partial charge in [0.05, 0.1) is 11.6 Å². The zero-order valence-electron chi connectivity index (χ0n) is 18.6. The third-order valence-electron chi connectivity index (χ3n) is 6.47. The maximum absolute atomic E-state index is 13.9. The van der Waals surface area contributed by atoms with Crippen LogP contribution in [0.2, 0.25) is 0 Å². The number of ether oxygens (including phenoxy) is 1. The first-order chi connectivity index (χ1) is 16.5. The van der Waals surface area contributed by atoms with E-state index in [1.165, 1.54) is 16.8 Å². The molecular weight excluding hydrogens is 437 g/mol. The predicted molar refractivity (Wildman–Crippen MR) is 125 cm³/mol. The molecule has 1 aliphatic carbocycles. The molecule has 2 aliphatic rings. The Morgan fingerprint density at radius 1 is 1.21 bits per heavy atom. The molecule has 3 aromatic rings. The normalized spacial score (nSPS) is 18.9. The van der Waals surface area contributed by atoms with E-state index in [1.807, 2.05) is 30.3 Å². The predicted octanol–water partition coefficient (Wildman–Crippen LogP) is 3.63. The summed E-state index contributed by atoms with van der Waals surface area (Å²) in [7, 11) is 0. The van der Waals surface area contributed by atoms with Gasteiger partial charge in [0.2, 0.25) is 0 Å². The average Bonchev–Trinajstić information content (AvgIpc) is 3.18. The summed E-state index contributed by atoms with van der Waals surface area (Å²) < 4.78 is 20.4. The fourth-order valence-electron chi connectivity index (χ4n) is 4.71. The molecule has 0 unspecified atom stereocenters. The summed E-state index contributed by atoms with van der Waals surface area (Å²) in [5.41, 5.74) is 10.2. The van der Waals surface area contributed by atoms with Crippen LogP contribution in [0.3, 0.4) is 0 Å². The number of fused-ring (bicyclic) bond motifs is 2. The van der Waals surface area contributed by atoms with Gasteiger partial charge >= 0.3 is 6.09 Å². The molecule has 9 heteroatoms. The third-order valence-corrected chi connectivity index (χ3v) is 6.47. The lowest BCUT2D eigenvalue weighted by Crippen LogP contribution is -2.39.